The number of anilines is 2. The molecular formula is C18H18ClF3N4O2. The van der Waals surface area contributed by atoms with Gasteiger partial charge in [-0.05, 0) is 30.8 Å². The van der Waals surface area contributed by atoms with Crippen molar-refractivity contribution in [3.05, 3.63) is 53.3 Å². The van der Waals surface area contributed by atoms with E-state index in [1.807, 2.05) is 0 Å². The van der Waals surface area contributed by atoms with E-state index in [9.17, 15) is 22.8 Å². The fraction of sp³-hybridized carbons (Fsp3) is 0.278. The number of hydrogen-bond donors (Lipinski definition) is 2. The molecule has 0 aliphatic rings. The molecule has 0 atom stereocenters. The summed E-state index contributed by atoms with van der Waals surface area (Å²) in [5.41, 5.74) is -0.938. The Bertz CT molecular complexity index is 846. The second-order valence-corrected chi connectivity index (χ2v) is 6.14. The Labute approximate surface area is 164 Å². The summed E-state index contributed by atoms with van der Waals surface area (Å²) in [5, 5.41) is 4.95. The van der Waals surface area contributed by atoms with E-state index in [2.05, 4.69) is 15.6 Å². The zero-order valence-electron chi connectivity index (χ0n) is 14.9. The van der Waals surface area contributed by atoms with Gasteiger partial charge < -0.3 is 10.6 Å². The summed E-state index contributed by atoms with van der Waals surface area (Å²) in [6, 6.07) is 7.87. The van der Waals surface area contributed by atoms with Crippen LogP contribution in [0.15, 0.2) is 42.6 Å². The highest BCUT2D eigenvalue weighted by Crippen LogP contribution is 2.34. The van der Waals surface area contributed by atoms with Crippen molar-refractivity contribution in [1.82, 2.24) is 9.88 Å². The number of halogens is 4. The van der Waals surface area contributed by atoms with Crippen LogP contribution in [-0.2, 0) is 15.8 Å². The maximum atomic E-state index is 13.0. The highest BCUT2D eigenvalue weighted by molar-refractivity contribution is 6.32. The van der Waals surface area contributed by atoms with Gasteiger partial charge in [0.25, 0.3) is 0 Å². The van der Waals surface area contributed by atoms with Gasteiger partial charge in [0.1, 0.15) is 0 Å². The zero-order chi connectivity index (χ0) is 20.7. The Morgan fingerprint density at radius 1 is 1.04 bits per heavy atom. The number of pyridine rings is 1. The lowest BCUT2D eigenvalue weighted by molar-refractivity contribution is -0.137. The van der Waals surface area contributed by atoms with Crippen molar-refractivity contribution in [3.8, 4) is 0 Å². The molecule has 0 bridgehead atoms. The molecule has 0 saturated heterocycles. The number of nitrogens with zero attached hydrogens (tertiary/aromatic N) is 2. The standard InChI is InChI=1S/C18H18ClF3N4O2/c1-2-26(11-16(28)25-14-8-5-9-23-17(14)19)10-15(27)24-13-7-4-3-6-12(13)18(20,21)22/h3-9H,2,10-11H2,1H3,(H,24,27)(H,25,28). The highest BCUT2D eigenvalue weighted by atomic mass is 35.5. The van der Waals surface area contributed by atoms with E-state index in [1.54, 1.807) is 19.1 Å². The lowest BCUT2D eigenvalue weighted by Gasteiger charge is -2.20. The van der Waals surface area contributed by atoms with Crippen molar-refractivity contribution in [3.63, 3.8) is 0 Å². The lowest BCUT2D eigenvalue weighted by atomic mass is 10.1. The normalized spacial score (nSPS) is 11.4. The number of nitrogens with one attached hydrogen (secondary N) is 2. The first-order chi connectivity index (χ1) is 13.2. The van der Waals surface area contributed by atoms with Crippen molar-refractivity contribution in [2.24, 2.45) is 0 Å². The largest absolute Gasteiger partial charge is 0.418 e. The van der Waals surface area contributed by atoms with Crippen LogP contribution in [0.3, 0.4) is 0 Å². The van der Waals surface area contributed by atoms with E-state index in [1.165, 1.54) is 29.3 Å². The molecular weight excluding hydrogens is 397 g/mol. The molecule has 2 rings (SSSR count). The van der Waals surface area contributed by atoms with Gasteiger partial charge in [0.05, 0.1) is 30.0 Å². The predicted molar refractivity (Wildman–Crippen MR) is 100 cm³/mol. The Morgan fingerprint density at radius 2 is 1.61 bits per heavy atom. The highest BCUT2D eigenvalue weighted by Gasteiger charge is 2.33. The van der Waals surface area contributed by atoms with E-state index >= 15 is 0 Å². The first-order valence-corrected chi connectivity index (χ1v) is 8.67. The molecule has 0 fully saturated rings. The van der Waals surface area contributed by atoms with Gasteiger partial charge in [0, 0.05) is 6.20 Å². The van der Waals surface area contributed by atoms with E-state index in [4.69, 9.17) is 11.6 Å². The molecule has 2 amide bonds. The summed E-state index contributed by atoms with van der Waals surface area (Å²) < 4.78 is 39.0. The SMILES string of the molecule is CCN(CC(=O)Nc1ccccc1C(F)(F)F)CC(=O)Nc1cccnc1Cl. The molecule has 1 aromatic heterocycles. The molecule has 0 radical (unpaired) electrons. The van der Waals surface area contributed by atoms with Gasteiger partial charge in [-0.2, -0.15) is 13.2 Å². The molecule has 10 heteroatoms. The zero-order valence-corrected chi connectivity index (χ0v) is 15.6. The van der Waals surface area contributed by atoms with E-state index in [0.717, 1.165) is 6.07 Å². The second kappa shape index (κ2) is 9.52. The molecule has 0 unspecified atom stereocenters. The Hall–Kier alpha value is -2.65. The second-order valence-electron chi connectivity index (χ2n) is 5.78. The smallest absolute Gasteiger partial charge is 0.324 e. The minimum Gasteiger partial charge on any atom is -0.324 e. The molecule has 0 spiro atoms. The van der Waals surface area contributed by atoms with Crippen LogP contribution in [0.4, 0.5) is 24.5 Å². The van der Waals surface area contributed by atoms with E-state index < -0.39 is 23.6 Å². The molecule has 2 aromatic rings. The molecule has 1 heterocycles. The van der Waals surface area contributed by atoms with Crippen LogP contribution in [0.2, 0.25) is 5.15 Å². The number of carbonyl (C=O) groups excluding carboxylic acids is 2. The summed E-state index contributed by atoms with van der Waals surface area (Å²) in [7, 11) is 0. The van der Waals surface area contributed by atoms with Gasteiger partial charge in [-0.3, -0.25) is 14.5 Å². The van der Waals surface area contributed by atoms with Crippen LogP contribution in [0, 0.1) is 0 Å². The average Bonchev–Trinajstić information content (AvgIpc) is 2.62. The number of carbonyl (C=O) groups is 2. The topological polar surface area (TPSA) is 74.3 Å². The summed E-state index contributed by atoms with van der Waals surface area (Å²) in [6.45, 7) is 1.66. The summed E-state index contributed by atoms with van der Waals surface area (Å²) in [6.07, 6.45) is -3.11. The molecule has 2 N–H and O–H groups in total. The van der Waals surface area contributed by atoms with Gasteiger partial charge >= 0.3 is 6.18 Å². The van der Waals surface area contributed by atoms with Gasteiger partial charge in [-0.15, -0.1) is 0 Å². The predicted octanol–water partition coefficient (Wildman–Crippen LogP) is 3.65. The molecule has 28 heavy (non-hydrogen) atoms. The van der Waals surface area contributed by atoms with Gasteiger partial charge in [0.15, 0.2) is 5.15 Å². The fourth-order valence-corrected chi connectivity index (χ4v) is 2.55. The van der Waals surface area contributed by atoms with Crippen LogP contribution in [0.25, 0.3) is 0 Å². The quantitative estimate of drug-likeness (QED) is 0.678. The van der Waals surface area contributed by atoms with Crippen LogP contribution >= 0.6 is 11.6 Å². The Morgan fingerprint density at radius 3 is 2.18 bits per heavy atom. The number of likely N-dealkylation sites (N-methyl/N-ethyl adjacent to an activating group) is 1. The molecule has 150 valence electrons. The number of para-hydroxylation sites is 1. The minimum atomic E-state index is -4.59. The molecule has 0 saturated carbocycles. The first-order valence-electron chi connectivity index (χ1n) is 8.29. The van der Waals surface area contributed by atoms with Crippen molar-refractivity contribution in [1.29, 1.82) is 0 Å². The van der Waals surface area contributed by atoms with Gasteiger partial charge in [0.2, 0.25) is 11.8 Å². The van der Waals surface area contributed by atoms with Gasteiger partial charge in [-0.1, -0.05) is 30.7 Å². The molecule has 6 nitrogen and oxygen atoms in total. The number of rotatable bonds is 7. The van der Waals surface area contributed by atoms with E-state index in [0.29, 0.717) is 12.2 Å². The first kappa shape index (κ1) is 21.6. The molecule has 0 aliphatic carbocycles. The van der Waals surface area contributed by atoms with Crippen LogP contribution in [-0.4, -0.2) is 41.3 Å². The van der Waals surface area contributed by atoms with E-state index in [-0.39, 0.29) is 23.9 Å². The van der Waals surface area contributed by atoms with Crippen LogP contribution in [0.1, 0.15) is 12.5 Å². The van der Waals surface area contributed by atoms with Crippen molar-refractivity contribution < 1.29 is 22.8 Å². The number of amides is 2. The number of alkyl halides is 3. The Balaban J connectivity index is 1.97. The summed E-state index contributed by atoms with van der Waals surface area (Å²) in [4.78, 5) is 29.6. The third kappa shape index (κ3) is 6.21. The maximum absolute atomic E-state index is 13.0. The van der Waals surface area contributed by atoms with Crippen LogP contribution in [0.5, 0.6) is 0 Å². The lowest BCUT2D eigenvalue weighted by Crippen LogP contribution is -2.38. The van der Waals surface area contributed by atoms with Crippen molar-refractivity contribution >= 4 is 34.8 Å². The van der Waals surface area contributed by atoms with Crippen LogP contribution < -0.4 is 10.6 Å². The monoisotopic (exact) mass is 414 g/mol. The maximum Gasteiger partial charge on any atom is 0.418 e. The number of benzene rings is 1. The molecule has 1 aromatic carbocycles. The number of hydrogen-bond acceptors (Lipinski definition) is 4. The minimum absolute atomic E-state index is 0.125. The Kier molecular flexibility index (Phi) is 7.36. The molecule has 0 aliphatic heterocycles. The van der Waals surface area contributed by atoms with Gasteiger partial charge in [-0.25, -0.2) is 4.98 Å². The third-order valence-electron chi connectivity index (χ3n) is 3.72. The average molecular weight is 415 g/mol. The summed E-state index contributed by atoms with van der Waals surface area (Å²) in [5.74, 6) is -1.09. The third-order valence-corrected chi connectivity index (χ3v) is 4.02. The fourth-order valence-electron chi connectivity index (χ4n) is 2.38. The van der Waals surface area contributed by atoms with Crippen molar-refractivity contribution in [2.75, 3.05) is 30.3 Å². The number of aromatic nitrogens is 1. The van der Waals surface area contributed by atoms with Crippen molar-refractivity contribution in [2.45, 2.75) is 13.1 Å². The summed E-state index contributed by atoms with van der Waals surface area (Å²) >= 11 is 5.87.